The average molecular weight is 510 g/mol. The van der Waals surface area contributed by atoms with Gasteiger partial charge >= 0.3 is 5.97 Å². The number of H-pyrrole nitrogens is 1. The molecule has 8 nitrogen and oxygen atoms in total. The number of ether oxygens (including phenoxy) is 1. The van der Waals surface area contributed by atoms with Gasteiger partial charge in [-0.05, 0) is 55.4 Å². The van der Waals surface area contributed by atoms with Crippen molar-refractivity contribution in [2.24, 2.45) is 0 Å². The highest BCUT2D eigenvalue weighted by atomic mass is 16.5. The zero-order chi connectivity index (χ0) is 27.7. The summed E-state index contributed by atoms with van der Waals surface area (Å²) in [6.45, 7) is 16.6. The van der Waals surface area contributed by atoms with Gasteiger partial charge in [-0.25, -0.2) is 4.79 Å². The molecule has 1 aromatic heterocycles. The summed E-state index contributed by atoms with van der Waals surface area (Å²) in [5, 5.41) is 14.0. The van der Waals surface area contributed by atoms with Gasteiger partial charge in [-0.2, -0.15) is 0 Å². The van der Waals surface area contributed by atoms with Gasteiger partial charge < -0.3 is 24.6 Å². The van der Waals surface area contributed by atoms with Crippen LogP contribution in [0.5, 0.6) is 0 Å². The van der Waals surface area contributed by atoms with Crippen molar-refractivity contribution in [1.82, 2.24) is 9.88 Å². The van der Waals surface area contributed by atoms with Crippen molar-refractivity contribution >= 4 is 23.4 Å². The number of rotatable bonds is 8. The first kappa shape index (κ1) is 28.2. The monoisotopic (exact) mass is 509 g/mol. The van der Waals surface area contributed by atoms with Crippen molar-refractivity contribution in [2.45, 2.75) is 59.9 Å². The van der Waals surface area contributed by atoms with Crippen LogP contribution in [0.3, 0.4) is 0 Å². The molecule has 1 aliphatic heterocycles. The number of ketones is 1. The van der Waals surface area contributed by atoms with Crippen LogP contribution in [0.25, 0.3) is 5.76 Å². The Labute approximate surface area is 219 Å². The van der Waals surface area contributed by atoms with E-state index in [1.807, 2.05) is 24.3 Å². The highest BCUT2D eigenvalue weighted by molar-refractivity contribution is 6.46. The second-order valence-corrected chi connectivity index (χ2v) is 10.7. The summed E-state index contributed by atoms with van der Waals surface area (Å²) >= 11 is 0. The third-order valence-electron chi connectivity index (χ3n) is 7.38. The van der Waals surface area contributed by atoms with Crippen LogP contribution < -0.4 is 10.0 Å². The predicted octanol–water partition coefficient (Wildman–Crippen LogP) is 1.86. The summed E-state index contributed by atoms with van der Waals surface area (Å²) in [7, 11) is 1.26. The van der Waals surface area contributed by atoms with E-state index < -0.39 is 29.5 Å². The van der Waals surface area contributed by atoms with Crippen LogP contribution in [-0.4, -0.2) is 60.8 Å². The number of nitrogens with one attached hydrogen (secondary N) is 2. The van der Waals surface area contributed by atoms with Crippen LogP contribution in [0, 0.1) is 13.8 Å². The number of nitrogens with zero attached hydrogens (tertiary/aromatic N) is 1. The molecule has 2 heterocycles. The van der Waals surface area contributed by atoms with Gasteiger partial charge in [0.25, 0.3) is 5.91 Å². The lowest BCUT2D eigenvalue weighted by Gasteiger charge is -2.29. The van der Waals surface area contributed by atoms with Gasteiger partial charge in [0.1, 0.15) is 5.69 Å². The van der Waals surface area contributed by atoms with Crippen molar-refractivity contribution in [2.75, 3.05) is 33.3 Å². The number of carbonyl (C=O) groups excluding carboxylic acids is 3. The quantitative estimate of drug-likeness (QED) is 0.245. The molecule has 1 atom stereocenters. The lowest BCUT2D eigenvalue weighted by atomic mass is 9.85. The number of aromatic nitrogens is 1. The van der Waals surface area contributed by atoms with Crippen LogP contribution in [0.1, 0.15) is 79.1 Å². The summed E-state index contributed by atoms with van der Waals surface area (Å²) in [5.74, 6) is -2.60. The molecule has 0 saturated carbocycles. The van der Waals surface area contributed by atoms with Crippen molar-refractivity contribution in [1.29, 1.82) is 0 Å². The molecule has 0 bridgehead atoms. The molecule has 1 saturated heterocycles. The zero-order valence-electron chi connectivity index (χ0n) is 23.2. The minimum absolute atomic E-state index is 0.0718. The third-order valence-corrected chi connectivity index (χ3v) is 7.38. The number of benzene rings is 1. The van der Waals surface area contributed by atoms with Crippen LogP contribution in [0.15, 0.2) is 29.8 Å². The standard InChI is InChI=1S/C29H39N3O5/c1-9-31(10-2)15-16-32-24(19-11-13-20(14-12-19)29(5,6)7)22(26(34)27(32)35)25(33)21-17(3)23(28(36)37-8)30-18(21)4/h11-14,24,30,33H,9-10,15-16H2,1-8H3/b25-22+. The molecule has 1 amide bonds. The van der Waals surface area contributed by atoms with Crippen molar-refractivity contribution in [3.05, 3.63) is 63.5 Å². The van der Waals surface area contributed by atoms with Crippen LogP contribution >= 0.6 is 0 Å². The fourth-order valence-electron chi connectivity index (χ4n) is 5.03. The molecular weight excluding hydrogens is 470 g/mol. The molecule has 200 valence electrons. The van der Waals surface area contributed by atoms with Gasteiger partial charge in [-0.1, -0.05) is 50.8 Å². The average Bonchev–Trinajstić information content (AvgIpc) is 3.30. The van der Waals surface area contributed by atoms with Crippen LogP contribution in [0.2, 0.25) is 0 Å². The lowest BCUT2D eigenvalue weighted by molar-refractivity contribution is -0.895. The molecule has 0 aliphatic carbocycles. The van der Waals surface area contributed by atoms with Crippen molar-refractivity contribution in [3.63, 3.8) is 0 Å². The normalized spacial score (nSPS) is 17.6. The minimum Gasteiger partial charge on any atom is -0.872 e. The van der Waals surface area contributed by atoms with Crippen molar-refractivity contribution < 1.29 is 29.1 Å². The van der Waals surface area contributed by atoms with E-state index in [2.05, 4.69) is 39.6 Å². The Morgan fingerprint density at radius 2 is 1.70 bits per heavy atom. The number of likely N-dealkylation sites (tertiary alicyclic amines) is 1. The molecule has 0 radical (unpaired) electrons. The maximum atomic E-state index is 14.0. The fourth-order valence-corrected chi connectivity index (χ4v) is 5.03. The second-order valence-electron chi connectivity index (χ2n) is 10.7. The van der Waals surface area contributed by atoms with E-state index in [9.17, 15) is 19.5 Å². The largest absolute Gasteiger partial charge is 0.872 e. The zero-order valence-corrected chi connectivity index (χ0v) is 23.2. The van der Waals surface area contributed by atoms with E-state index in [4.69, 9.17) is 4.74 Å². The Morgan fingerprint density at radius 3 is 2.22 bits per heavy atom. The lowest BCUT2D eigenvalue weighted by Crippen LogP contribution is -3.12. The molecule has 1 fully saturated rings. The van der Waals surface area contributed by atoms with E-state index in [-0.39, 0.29) is 22.2 Å². The highest BCUT2D eigenvalue weighted by Crippen LogP contribution is 2.40. The Balaban J connectivity index is 2.19. The number of methoxy groups -OCH3 is 1. The van der Waals surface area contributed by atoms with Crippen LogP contribution in [-0.2, 0) is 19.7 Å². The minimum atomic E-state index is -0.799. The van der Waals surface area contributed by atoms with E-state index in [1.165, 1.54) is 16.9 Å². The molecule has 8 heteroatoms. The second kappa shape index (κ2) is 10.9. The van der Waals surface area contributed by atoms with Gasteiger partial charge in [-0.15, -0.1) is 0 Å². The van der Waals surface area contributed by atoms with Crippen LogP contribution in [0.4, 0.5) is 0 Å². The number of esters is 1. The number of hydrogen-bond acceptors (Lipinski definition) is 5. The number of aromatic amines is 1. The first-order chi connectivity index (χ1) is 17.4. The van der Waals surface area contributed by atoms with E-state index in [1.54, 1.807) is 13.8 Å². The molecule has 37 heavy (non-hydrogen) atoms. The summed E-state index contributed by atoms with van der Waals surface area (Å²) in [5.41, 5.74) is 2.90. The maximum absolute atomic E-state index is 14.0. The molecular formula is C29H39N3O5. The summed E-state index contributed by atoms with van der Waals surface area (Å²) in [6.07, 6.45) is 0. The first-order valence-corrected chi connectivity index (χ1v) is 12.9. The number of hydrogen-bond donors (Lipinski definition) is 2. The molecule has 2 aromatic rings. The number of likely N-dealkylation sites (N-methyl/N-ethyl adjacent to an activating group) is 1. The van der Waals surface area contributed by atoms with Gasteiger partial charge in [0.15, 0.2) is 0 Å². The Morgan fingerprint density at radius 1 is 1.11 bits per heavy atom. The fraction of sp³-hybridized carbons (Fsp3) is 0.483. The third kappa shape index (κ3) is 5.34. The topological polar surface area (TPSA) is 107 Å². The SMILES string of the molecule is CC[NH+](CC)CCN1C(=O)C(=O)/C(=C(/[O-])c2c(C)[nH]c(C(=O)OC)c2C)C1c1ccc(C(C)(C)C)cc1. The number of quaternary nitrogens is 1. The van der Waals surface area contributed by atoms with Gasteiger partial charge in [0.2, 0.25) is 5.78 Å². The van der Waals surface area contributed by atoms with Gasteiger partial charge in [0, 0.05) is 11.3 Å². The Hall–Kier alpha value is -3.39. The maximum Gasteiger partial charge on any atom is 0.354 e. The summed E-state index contributed by atoms with van der Waals surface area (Å²) in [4.78, 5) is 44.6. The predicted molar refractivity (Wildman–Crippen MR) is 140 cm³/mol. The van der Waals surface area contributed by atoms with Crippen molar-refractivity contribution in [3.8, 4) is 0 Å². The Bertz CT molecular complexity index is 1210. The summed E-state index contributed by atoms with van der Waals surface area (Å²) in [6, 6.07) is 6.98. The molecule has 1 aliphatic rings. The number of amides is 1. The molecule has 2 N–H and O–H groups in total. The van der Waals surface area contributed by atoms with E-state index in [0.29, 0.717) is 29.9 Å². The smallest absolute Gasteiger partial charge is 0.354 e. The number of aryl methyl sites for hydroxylation is 1. The molecule has 3 rings (SSSR count). The summed E-state index contributed by atoms with van der Waals surface area (Å²) < 4.78 is 4.83. The molecule has 1 aromatic carbocycles. The first-order valence-electron chi connectivity index (χ1n) is 12.9. The molecule has 1 unspecified atom stereocenters. The highest BCUT2D eigenvalue weighted by Gasteiger charge is 2.44. The number of carbonyl (C=O) groups is 3. The van der Waals surface area contributed by atoms with Gasteiger partial charge in [0.05, 0.1) is 39.3 Å². The number of Topliss-reactive ketones (excluding diaryl/α,β-unsaturated/α-hetero) is 1. The van der Waals surface area contributed by atoms with E-state index in [0.717, 1.165) is 18.7 Å². The van der Waals surface area contributed by atoms with Gasteiger partial charge in [-0.3, -0.25) is 9.59 Å². The Kier molecular flexibility index (Phi) is 8.32. The van der Waals surface area contributed by atoms with E-state index >= 15 is 0 Å². The molecule has 0 spiro atoms.